The van der Waals surface area contributed by atoms with Gasteiger partial charge >= 0.3 is 0 Å². The topological polar surface area (TPSA) is 89.8 Å². The lowest BCUT2D eigenvalue weighted by molar-refractivity contribution is 0.000774. The van der Waals surface area contributed by atoms with Crippen LogP contribution in [0, 0.1) is 0 Å². The van der Waals surface area contributed by atoms with Gasteiger partial charge in [0.15, 0.2) is 15.5 Å². The summed E-state index contributed by atoms with van der Waals surface area (Å²) in [7, 11) is -3.19. The van der Waals surface area contributed by atoms with Crippen molar-refractivity contribution in [3.8, 4) is 0 Å². The highest BCUT2D eigenvalue weighted by Crippen LogP contribution is 2.23. The maximum Gasteiger partial charge on any atom is 0.264 e. The van der Waals surface area contributed by atoms with Crippen LogP contribution in [0.15, 0.2) is 12.5 Å². The monoisotopic (exact) mass is 361 g/mol. The van der Waals surface area contributed by atoms with Gasteiger partial charge in [0.2, 0.25) is 0 Å². The summed E-state index contributed by atoms with van der Waals surface area (Å²) in [4.78, 5) is 8.05. The van der Waals surface area contributed by atoms with E-state index in [0.717, 1.165) is 11.6 Å². The fourth-order valence-corrected chi connectivity index (χ4v) is 2.53. The van der Waals surface area contributed by atoms with Gasteiger partial charge in [0.1, 0.15) is 18.7 Å². The summed E-state index contributed by atoms with van der Waals surface area (Å²) < 4.78 is 49.9. The van der Waals surface area contributed by atoms with Gasteiger partial charge in [0.05, 0.1) is 10.1 Å². The van der Waals surface area contributed by atoms with E-state index in [1.54, 1.807) is 13.8 Å². The smallest absolute Gasteiger partial charge is 0.264 e. The second kappa shape index (κ2) is 6.23. The Kier molecular flexibility index (Phi) is 4.80. The lowest BCUT2D eigenvalue weighted by atomic mass is 10.1. The van der Waals surface area contributed by atoms with Crippen molar-refractivity contribution in [2.24, 2.45) is 0 Å². The Morgan fingerprint density at radius 1 is 1.25 bits per heavy atom. The van der Waals surface area contributed by atoms with E-state index < -0.39 is 27.1 Å². The van der Waals surface area contributed by atoms with Crippen molar-refractivity contribution in [3.63, 3.8) is 0 Å². The fraction of sp³-hybridized carbons (Fsp3) is 0.643. The van der Waals surface area contributed by atoms with E-state index in [-0.39, 0.29) is 0 Å². The molecule has 0 radical (unpaired) electrons. The van der Waals surface area contributed by atoms with Crippen molar-refractivity contribution in [1.82, 2.24) is 19.7 Å². The Labute approximate surface area is 139 Å². The molecule has 0 aliphatic rings. The highest BCUT2D eigenvalue weighted by atomic mass is 32.2. The molecule has 0 bridgehead atoms. The van der Waals surface area contributed by atoms with E-state index in [0.29, 0.717) is 29.8 Å². The third kappa shape index (κ3) is 4.37. The van der Waals surface area contributed by atoms with E-state index in [1.807, 2.05) is 0 Å². The molecule has 0 unspecified atom stereocenters. The molecule has 0 aliphatic carbocycles. The van der Waals surface area contributed by atoms with E-state index in [4.69, 9.17) is 0 Å². The molecule has 24 heavy (non-hydrogen) atoms. The average molecular weight is 361 g/mol. The van der Waals surface area contributed by atoms with Crippen molar-refractivity contribution in [2.75, 3.05) is 18.1 Å². The largest absolute Gasteiger partial charge is 0.369 e. The predicted octanol–water partition coefficient (Wildman–Crippen LogP) is 2.11. The molecule has 0 aromatic carbocycles. The SMILES string of the molecule is CC(F)(F)Cn1cc2c(NCCC(C)(C)S(C)(=O)=O)ncnc2n1. The van der Waals surface area contributed by atoms with Crippen LogP contribution in [0.4, 0.5) is 14.6 Å². The second-order valence-electron chi connectivity index (χ2n) is 6.57. The lowest BCUT2D eigenvalue weighted by Crippen LogP contribution is -2.33. The number of anilines is 1. The summed E-state index contributed by atoms with van der Waals surface area (Å²) in [6, 6.07) is 0. The Morgan fingerprint density at radius 2 is 1.92 bits per heavy atom. The molecule has 0 atom stereocenters. The van der Waals surface area contributed by atoms with Crippen LogP contribution in [-0.2, 0) is 16.4 Å². The second-order valence-corrected chi connectivity index (χ2v) is 9.21. The zero-order chi connectivity index (χ0) is 18.2. The van der Waals surface area contributed by atoms with E-state index in [9.17, 15) is 17.2 Å². The summed E-state index contributed by atoms with van der Waals surface area (Å²) >= 11 is 0. The summed E-state index contributed by atoms with van der Waals surface area (Å²) in [5.74, 6) is -2.45. The van der Waals surface area contributed by atoms with Gasteiger partial charge < -0.3 is 5.32 Å². The van der Waals surface area contributed by atoms with Crippen LogP contribution in [0.25, 0.3) is 11.0 Å². The Hall–Kier alpha value is -1.84. The van der Waals surface area contributed by atoms with Gasteiger partial charge in [-0.1, -0.05) is 0 Å². The van der Waals surface area contributed by atoms with Crippen molar-refractivity contribution in [3.05, 3.63) is 12.5 Å². The van der Waals surface area contributed by atoms with Gasteiger partial charge in [-0.2, -0.15) is 5.10 Å². The summed E-state index contributed by atoms with van der Waals surface area (Å²) in [5, 5.41) is 7.55. The standard InChI is InChI=1S/C14H21F2N5O2S/c1-13(2,24(4,22)23)5-6-17-11-10-7-21(8-14(3,15)16)20-12(10)19-9-18-11/h7,9H,5-6,8H2,1-4H3,(H,17,18,19,20). The molecular formula is C14H21F2N5O2S. The van der Waals surface area contributed by atoms with Crippen molar-refractivity contribution in [1.29, 1.82) is 0 Å². The van der Waals surface area contributed by atoms with E-state index >= 15 is 0 Å². The quantitative estimate of drug-likeness (QED) is 0.812. The highest BCUT2D eigenvalue weighted by molar-refractivity contribution is 7.92. The number of aromatic nitrogens is 4. The van der Waals surface area contributed by atoms with Gasteiger partial charge in [-0.25, -0.2) is 27.2 Å². The first-order valence-corrected chi connectivity index (χ1v) is 9.28. The number of sulfone groups is 1. The maximum atomic E-state index is 13.1. The van der Waals surface area contributed by atoms with Crippen LogP contribution in [0.1, 0.15) is 27.2 Å². The molecule has 0 fully saturated rings. The van der Waals surface area contributed by atoms with Gasteiger partial charge in [-0.15, -0.1) is 0 Å². The number of halogens is 2. The number of rotatable bonds is 7. The molecule has 10 heteroatoms. The minimum atomic E-state index is -3.19. The van der Waals surface area contributed by atoms with Crippen LogP contribution in [0.3, 0.4) is 0 Å². The molecule has 2 aromatic rings. The number of nitrogens with zero attached hydrogens (tertiary/aromatic N) is 4. The van der Waals surface area contributed by atoms with E-state index in [1.165, 1.54) is 18.8 Å². The zero-order valence-corrected chi connectivity index (χ0v) is 14.9. The zero-order valence-electron chi connectivity index (χ0n) is 14.0. The Balaban J connectivity index is 2.15. The highest BCUT2D eigenvalue weighted by Gasteiger charge is 2.29. The Morgan fingerprint density at radius 3 is 2.50 bits per heavy atom. The predicted molar refractivity (Wildman–Crippen MR) is 88.0 cm³/mol. The number of nitrogens with one attached hydrogen (secondary N) is 1. The molecular weight excluding hydrogens is 340 g/mol. The lowest BCUT2D eigenvalue weighted by Gasteiger charge is -2.22. The number of hydrogen-bond acceptors (Lipinski definition) is 6. The molecule has 2 rings (SSSR count). The van der Waals surface area contributed by atoms with Gasteiger partial charge in [-0.05, 0) is 20.3 Å². The fourth-order valence-electron chi connectivity index (χ4n) is 2.06. The first-order valence-electron chi connectivity index (χ1n) is 7.38. The minimum Gasteiger partial charge on any atom is -0.369 e. The number of fused-ring (bicyclic) bond motifs is 1. The third-order valence-corrected chi connectivity index (χ3v) is 6.04. The van der Waals surface area contributed by atoms with Crippen molar-refractivity contribution < 1.29 is 17.2 Å². The number of hydrogen-bond donors (Lipinski definition) is 1. The molecule has 2 heterocycles. The summed E-state index contributed by atoms with van der Waals surface area (Å²) in [5.41, 5.74) is 0.305. The first-order chi connectivity index (χ1) is 10.9. The molecule has 7 nitrogen and oxygen atoms in total. The third-order valence-electron chi connectivity index (χ3n) is 3.83. The molecule has 1 N–H and O–H groups in total. The number of alkyl halides is 2. The van der Waals surface area contributed by atoms with Crippen LogP contribution in [-0.4, -0.2) is 51.6 Å². The molecule has 0 saturated carbocycles. The first kappa shape index (κ1) is 18.5. The van der Waals surface area contributed by atoms with Crippen LogP contribution in [0.5, 0.6) is 0 Å². The summed E-state index contributed by atoms with van der Waals surface area (Å²) in [6.07, 6.45) is 4.31. The average Bonchev–Trinajstić information content (AvgIpc) is 2.77. The molecule has 134 valence electrons. The van der Waals surface area contributed by atoms with Gasteiger partial charge in [0, 0.05) is 25.9 Å². The maximum absolute atomic E-state index is 13.1. The molecule has 0 aliphatic heterocycles. The normalized spacial score (nSPS) is 13.4. The minimum absolute atomic E-state index is 0.305. The van der Waals surface area contributed by atoms with Crippen LogP contribution < -0.4 is 5.32 Å². The van der Waals surface area contributed by atoms with Crippen LogP contribution >= 0.6 is 0 Å². The summed E-state index contributed by atoms with van der Waals surface area (Å²) in [6.45, 7) is 3.94. The van der Waals surface area contributed by atoms with Crippen molar-refractivity contribution in [2.45, 2.75) is 44.4 Å². The van der Waals surface area contributed by atoms with E-state index in [2.05, 4.69) is 20.4 Å². The Bertz CT molecular complexity index is 827. The van der Waals surface area contributed by atoms with Gasteiger partial charge in [0.25, 0.3) is 5.92 Å². The molecule has 2 aromatic heterocycles. The van der Waals surface area contributed by atoms with Crippen molar-refractivity contribution >= 4 is 26.7 Å². The molecule has 0 saturated heterocycles. The van der Waals surface area contributed by atoms with Gasteiger partial charge in [-0.3, -0.25) is 4.68 Å². The molecule has 0 spiro atoms. The van der Waals surface area contributed by atoms with Crippen LogP contribution in [0.2, 0.25) is 0 Å². The molecule has 0 amide bonds.